The molecule has 4 atom stereocenters. The number of aromatic nitrogens is 2. The van der Waals surface area contributed by atoms with Gasteiger partial charge in [0.25, 0.3) is 29.5 Å². The Balaban J connectivity index is 0.000000155. The van der Waals surface area contributed by atoms with Crippen molar-refractivity contribution in [2.45, 2.75) is 180 Å². The summed E-state index contributed by atoms with van der Waals surface area (Å²) in [5, 5.41) is 59.5. The molecule has 690 valence electrons. The van der Waals surface area contributed by atoms with Gasteiger partial charge in [0.2, 0.25) is 0 Å². The topological polar surface area (TPSA) is 495 Å². The quantitative estimate of drug-likeness (QED) is 0.0209. The number of benzene rings is 6. The van der Waals surface area contributed by atoms with E-state index in [1.165, 1.54) is 94.1 Å². The van der Waals surface area contributed by atoms with Gasteiger partial charge in [-0.1, -0.05) is 11.6 Å². The highest BCUT2D eigenvalue weighted by Crippen LogP contribution is 2.59. The summed E-state index contributed by atoms with van der Waals surface area (Å²) in [6.45, 7) is 6.54. The van der Waals surface area contributed by atoms with Crippen molar-refractivity contribution in [2.24, 2.45) is 21.7 Å². The van der Waals surface area contributed by atoms with Crippen LogP contribution < -0.4 is 76.9 Å². The summed E-state index contributed by atoms with van der Waals surface area (Å²) in [5.41, 5.74) is 6.69. The molecule has 34 nitrogen and oxygen atoms in total. The van der Waals surface area contributed by atoms with E-state index in [-0.39, 0.29) is 115 Å². The molecule has 0 radical (unpaired) electrons. The Labute approximate surface area is 738 Å². The van der Waals surface area contributed by atoms with E-state index in [1.807, 2.05) is 0 Å². The maximum Gasteiger partial charge on any atom is 0.573 e. The van der Waals surface area contributed by atoms with Gasteiger partial charge in [0, 0.05) is 24.9 Å². The molecule has 5 amide bonds. The molecular formula is C85H105ClF3N11O23S4. The summed E-state index contributed by atoms with van der Waals surface area (Å²) < 4.78 is 170. The molecule has 5 heterocycles. The van der Waals surface area contributed by atoms with Crippen molar-refractivity contribution in [2.75, 3.05) is 73.6 Å². The molecule has 4 spiro atoms. The third kappa shape index (κ3) is 20.0. The van der Waals surface area contributed by atoms with E-state index >= 15 is 0 Å². The molecule has 1 aromatic heterocycles. The van der Waals surface area contributed by atoms with Gasteiger partial charge in [0.1, 0.15) is 52.6 Å². The van der Waals surface area contributed by atoms with Crippen LogP contribution in [0.25, 0.3) is 0 Å². The van der Waals surface area contributed by atoms with Gasteiger partial charge in [0.15, 0.2) is 58.3 Å². The fraction of sp³-hybridized carbons (Fsp3) is 0.482. The normalized spacial score (nSPS) is 22.7. The van der Waals surface area contributed by atoms with E-state index in [0.717, 1.165) is 127 Å². The molecule has 42 heteroatoms. The number of amides is 5. The minimum absolute atomic E-state index is 0.0167. The summed E-state index contributed by atoms with van der Waals surface area (Å²) in [7, 11) is -11.9. The van der Waals surface area contributed by atoms with Crippen LogP contribution in [-0.4, -0.2) is 193 Å². The largest absolute Gasteiger partial charge is 0.573 e. The molecule has 127 heavy (non-hydrogen) atoms. The summed E-state index contributed by atoms with van der Waals surface area (Å²) in [4.78, 5) is 62.7. The van der Waals surface area contributed by atoms with Gasteiger partial charge in [-0.3, -0.25) is 49.9 Å². The number of H-pyrrole nitrogens is 1. The van der Waals surface area contributed by atoms with E-state index < -0.39 is 94.1 Å². The van der Waals surface area contributed by atoms with Gasteiger partial charge in [-0.2, -0.15) is 5.10 Å². The molecule has 0 bridgehead atoms. The molecule has 14 N–H and O–H groups in total. The van der Waals surface area contributed by atoms with Crippen molar-refractivity contribution < 1.29 is 120 Å². The molecule has 4 aliphatic heterocycles. The number of ether oxygens (including phenoxy) is 6. The lowest BCUT2D eigenvalue weighted by molar-refractivity contribution is -0.274. The lowest BCUT2D eigenvalue weighted by Crippen LogP contribution is -2.51. The highest BCUT2D eigenvalue weighted by atomic mass is 35.5. The number of carbonyl (C=O) groups excluding carboxylic acids is 5. The van der Waals surface area contributed by atoms with E-state index in [0.29, 0.717) is 66.6 Å². The average molecular weight is 1870 g/mol. The second-order valence-electron chi connectivity index (χ2n) is 33.7. The van der Waals surface area contributed by atoms with Crippen LogP contribution in [0.2, 0.25) is 5.02 Å². The van der Waals surface area contributed by atoms with E-state index in [9.17, 15) is 91.6 Å². The summed E-state index contributed by atoms with van der Waals surface area (Å²) in [5.74, 6) is -1.93. The van der Waals surface area contributed by atoms with Gasteiger partial charge in [-0.15, -0.1) is 13.2 Å². The second-order valence-corrected chi connectivity index (χ2v) is 43.2. The molecule has 8 fully saturated rings. The number of methoxy groups -OCH3 is 2. The summed E-state index contributed by atoms with van der Waals surface area (Å²) in [6.07, 6.45) is 8.67. The minimum Gasteiger partial charge on any atom is -0.497 e. The Bertz CT molecular complexity index is 5560. The number of sulfone groups is 4. The second kappa shape index (κ2) is 39.3. The lowest BCUT2D eigenvalue weighted by Gasteiger charge is -2.36. The SMILES string of the molecule is CNC(=O)c1ccc(Oc2ccc(S(=O)(=O)C3(C(=O)NO)CCC4(CCNCC4)C3)cc2)cc1OC.COc1ccc(S(=O)(=O)C2(C(=O)NO)CCC3(CCNCC3)C2)cc1.O=C(NO)C1(S(=O)(=O)c2ccc(OCc3cn[nH]c3)cc2)CCC2(CCNCC2)C1.O=C(NO)C1(S(=O)(=O)c2ccc(Oc3ccc(OC(F)(F)F)cc3)c(Cl)c2)CCC2(CCNCC2)C1. The number of hydrogen-bond acceptors (Lipinski definition) is 28. The predicted molar refractivity (Wildman–Crippen MR) is 453 cm³/mol. The summed E-state index contributed by atoms with van der Waals surface area (Å²) >= 11 is 6.29. The first-order chi connectivity index (χ1) is 60.4. The Hall–Kier alpha value is -9.76. The number of hydrogen-bond donors (Lipinski definition) is 14. The number of halogens is 4. The van der Waals surface area contributed by atoms with Crippen molar-refractivity contribution in [3.05, 3.63) is 162 Å². The molecule has 4 saturated heterocycles. The number of nitrogens with one attached hydrogen (secondary N) is 10. The fourth-order valence-electron chi connectivity index (χ4n) is 19.5. The van der Waals surface area contributed by atoms with Gasteiger partial charge < -0.3 is 55.0 Å². The van der Waals surface area contributed by atoms with Crippen molar-refractivity contribution in [1.29, 1.82) is 0 Å². The fourth-order valence-corrected chi connectivity index (χ4v) is 28.2. The Kier molecular flexibility index (Phi) is 29.8. The third-order valence-corrected chi connectivity index (χ3v) is 36.7. The van der Waals surface area contributed by atoms with E-state index in [4.69, 9.17) is 35.3 Å². The van der Waals surface area contributed by atoms with Crippen molar-refractivity contribution in [1.82, 2.24) is 58.7 Å². The van der Waals surface area contributed by atoms with Gasteiger partial charge in [-0.25, -0.2) is 55.6 Å². The van der Waals surface area contributed by atoms with E-state index in [2.05, 4.69) is 41.5 Å². The minimum atomic E-state index is -4.83. The van der Waals surface area contributed by atoms with E-state index in [1.54, 1.807) is 76.8 Å². The Morgan fingerprint density at radius 3 is 1.09 bits per heavy atom. The van der Waals surface area contributed by atoms with Crippen molar-refractivity contribution in [3.63, 3.8) is 0 Å². The zero-order valence-corrected chi connectivity index (χ0v) is 74.0. The maximum absolute atomic E-state index is 13.8. The highest BCUT2D eigenvalue weighted by Gasteiger charge is 2.65. The van der Waals surface area contributed by atoms with Gasteiger partial charge >= 0.3 is 6.36 Å². The number of carbonyl (C=O) groups is 5. The van der Waals surface area contributed by atoms with Crippen molar-refractivity contribution >= 4 is 80.5 Å². The zero-order chi connectivity index (χ0) is 91.5. The van der Waals surface area contributed by atoms with Crippen LogP contribution in [0.1, 0.15) is 144 Å². The summed E-state index contributed by atoms with van der Waals surface area (Å²) in [6, 6.07) is 31.0. The number of hydroxylamine groups is 4. The Morgan fingerprint density at radius 2 is 0.756 bits per heavy atom. The molecular weight excluding hydrogens is 1760 g/mol. The first-order valence-electron chi connectivity index (χ1n) is 41.4. The van der Waals surface area contributed by atoms with Crippen LogP contribution in [0.4, 0.5) is 13.2 Å². The van der Waals surface area contributed by atoms with Crippen LogP contribution in [0.5, 0.6) is 46.0 Å². The Morgan fingerprint density at radius 1 is 0.417 bits per heavy atom. The first-order valence-corrected chi connectivity index (χ1v) is 47.7. The van der Waals surface area contributed by atoms with Crippen LogP contribution in [0.15, 0.2) is 165 Å². The van der Waals surface area contributed by atoms with Crippen LogP contribution in [-0.2, 0) is 65.1 Å². The molecule has 6 aromatic carbocycles. The zero-order valence-electron chi connectivity index (χ0n) is 70.0. The van der Waals surface area contributed by atoms with Crippen LogP contribution in [0, 0.1) is 21.7 Å². The smallest absolute Gasteiger partial charge is 0.497 e. The van der Waals surface area contributed by atoms with Crippen LogP contribution in [0.3, 0.4) is 0 Å². The third-order valence-electron chi connectivity index (χ3n) is 26.6. The molecule has 7 aromatic rings. The molecule has 4 aliphatic carbocycles. The molecule has 8 aliphatic rings. The lowest BCUT2D eigenvalue weighted by atomic mass is 9.77. The molecule has 4 saturated carbocycles. The number of aromatic amines is 1. The van der Waals surface area contributed by atoms with Gasteiger partial charge in [0.05, 0.1) is 50.6 Å². The monoisotopic (exact) mass is 1870 g/mol. The number of nitrogens with zero attached hydrogens (tertiary/aromatic N) is 1. The van der Waals surface area contributed by atoms with Crippen molar-refractivity contribution in [3.8, 4) is 46.0 Å². The standard InChI is InChI=1S/C25H31N3O7S.C23H24ClF3N2O6S.C20H26N4O5S.C17H24N2O5S/c1-26-22(29)20-8-5-18(15-21(20)34-2)35-17-3-6-19(7-4-17)36(32,33)25(23(30)28-31)10-9-24(16-25)11-13-27-14-12-24;24-18-13-17(5-6-19(18)34-15-1-3-16(4-2-15)35-23(25,26)27)36(32,33)22(20(30)29-31)8-7-21(14-22)9-11-28-12-10-21;25-18(24-26)20(6-5-19(14-20)7-9-21-10-8-19)30(27,28)17-3-1-16(2-4-17)29-13-15-11-22-23-12-15;1-24-13-2-4-14(5-3-13)25(22,23)17(15(20)19-21)7-6-16(12-17)8-10-18-11-9-16/h3-8,15,27,31H,9-14,16H2,1-2H3,(H,26,29)(H,28,30);1-6,13,28,31H,7-12,14H2,(H,29,30);1-4,11-12,21,26H,5-10,13-14H2,(H,22,23)(H,24,25);2-5,18,21H,6-12H2,1H3,(H,19,20). The number of alkyl halides is 3. The maximum atomic E-state index is 13.8. The number of rotatable bonds is 23. The number of piperidine rings is 4. The van der Waals surface area contributed by atoms with Gasteiger partial charge in [-0.05, 0) is 330 Å². The van der Waals surface area contributed by atoms with Crippen LogP contribution >= 0.6 is 11.6 Å². The highest BCUT2D eigenvalue weighted by molar-refractivity contribution is 7.94. The predicted octanol–water partition coefficient (Wildman–Crippen LogP) is 9.85. The average Bonchev–Trinajstić information content (AvgIpc) is 1.60. The molecule has 15 rings (SSSR count). The molecule has 4 unspecified atom stereocenters. The first kappa shape index (κ1) is 96.3.